The Kier molecular flexibility index (Phi) is 4.15. The summed E-state index contributed by atoms with van der Waals surface area (Å²) in [5.74, 6) is 0.0165. The zero-order valence-corrected chi connectivity index (χ0v) is 14.4. The summed E-state index contributed by atoms with van der Waals surface area (Å²) in [5, 5.41) is 20.7. The van der Waals surface area contributed by atoms with E-state index in [4.69, 9.17) is 0 Å². The number of hydrogen-bond donors (Lipinski definition) is 1. The van der Waals surface area contributed by atoms with Gasteiger partial charge in [0.2, 0.25) is 0 Å². The molecule has 0 radical (unpaired) electrons. The molecule has 4 nitrogen and oxygen atoms in total. The van der Waals surface area contributed by atoms with Gasteiger partial charge in [0.05, 0.1) is 11.6 Å². The molecule has 0 aliphatic carbocycles. The first kappa shape index (κ1) is 16.1. The van der Waals surface area contributed by atoms with Gasteiger partial charge >= 0.3 is 0 Å². The third-order valence-corrected chi connectivity index (χ3v) is 5.18. The zero-order valence-electron chi connectivity index (χ0n) is 13.6. The van der Waals surface area contributed by atoms with E-state index < -0.39 is 6.10 Å². The number of aliphatic hydroxyl groups is 1. The van der Waals surface area contributed by atoms with Gasteiger partial charge in [-0.3, -0.25) is 4.40 Å². The lowest BCUT2D eigenvalue weighted by Gasteiger charge is -2.11. The molecule has 2 aromatic carbocycles. The highest BCUT2D eigenvalue weighted by molar-refractivity contribution is 7.99. The summed E-state index contributed by atoms with van der Waals surface area (Å²) in [4.78, 5) is 0. The van der Waals surface area contributed by atoms with Crippen molar-refractivity contribution in [3.63, 3.8) is 0 Å². The molecule has 2 heterocycles. The van der Waals surface area contributed by atoms with Crippen LogP contribution < -0.4 is 0 Å². The smallest absolute Gasteiger partial charge is 0.196 e. The van der Waals surface area contributed by atoms with Crippen LogP contribution in [-0.4, -0.2) is 25.5 Å². The molecule has 6 heteroatoms. The molecule has 2 aromatic heterocycles. The van der Waals surface area contributed by atoms with Gasteiger partial charge in [-0.2, -0.15) is 0 Å². The molecule has 0 saturated carbocycles. The molecule has 1 atom stereocenters. The Hall–Kier alpha value is -2.44. The largest absolute Gasteiger partial charge is 0.388 e. The fraction of sp³-hybridized carbons (Fsp3) is 0.158. The van der Waals surface area contributed by atoms with Crippen LogP contribution >= 0.6 is 11.8 Å². The van der Waals surface area contributed by atoms with Crippen molar-refractivity contribution in [2.75, 3.05) is 5.75 Å². The second-order valence-corrected chi connectivity index (χ2v) is 6.89. The summed E-state index contributed by atoms with van der Waals surface area (Å²) < 4.78 is 15.3. The van der Waals surface area contributed by atoms with Gasteiger partial charge in [-0.25, -0.2) is 4.39 Å². The Labute approximate surface area is 148 Å². The van der Waals surface area contributed by atoms with Crippen molar-refractivity contribution in [3.05, 3.63) is 71.5 Å². The van der Waals surface area contributed by atoms with E-state index in [0.29, 0.717) is 16.5 Å². The quantitative estimate of drug-likeness (QED) is 0.560. The van der Waals surface area contributed by atoms with E-state index in [2.05, 4.69) is 23.2 Å². The molecule has 0 saturated heterocycles. The van der Waals surface area contributed by atoms with Gasteiger partial charge in [0, 0.05) is 11.1 Å². The number of thioether (sulfide) groups is 1. The molecule has 0 spiro atoms. The van der Waals surface area contributed by atoms with E-state index in [1.54, 1.807) is 12.1 Å². The van der Waals surface area contributed by atoms with Crippen LogP contribution in [-0.2, 0) is 0 Å². The predicted molar refractivity (Wildman–Crippen MR) is 97.3 cm³/mol. The Morgan fingerprint density at radius 3 is 2.80 bits per heavy atom. The zero-order chi connectivity index (χ0) is 17.4. The average molecular weight is 353 g/mol. The lowest BCUT2D eigenvalue weighted by Crippen LogP contribution is -2.02. The first-order chi connectivity index (χ1) is 12.1. The van der Waals surface area contributed by atoms with E-state index >= 15 is 0 Å². The molecule has 4 aromatic rings. The molecule has 4 rings (SSSR count). The number of aliphatic hydroxyl groups excluding tert-OH is 1. The average Bonchev–Trinajstić information content (AvgIpc) is 3.03. The van der Waals surface area contributed by atoms with Crippen molar-refractivity contribution in [2.24, 2.45) is 0 Å². The summed E-state index contributed by atoms with van der Waals surface area (Å²) in [6.07, 6.45) is -0.773. The van der Waals surface area contributed by atoms with Gasteiger partial charge in [-0.15, -0.1) is 10.2 Å². The minimum absolute atomic E-state index is 0.351. The van der Waals surface area contributed by atoms with Crippen molar-refractivity contribution in [1.29, 1.82) is 0 Å². The molecule has 0 unspecified atom stereocenters. The molecule has 0 aliphatic heterocycles. The summed E-state index contributed by atoms with van der Waals surface area (Å²) in [7, 11) is 0. The van der Waals surface area contributed by atoms with Crippen LogP contribution in [0, 0.1) is 12.7 Å². The van der Waals surface area contributed by atoms with Crippen molar-refractivity contribution < 1.29 is 9.50 Å². The highest BCUT2D eigenvalue weighted by atomic mass is 32.2. The first-order valence-corrected chi connectivity index (χ1v) is 8.92. The highest BCUT2D eigenvalue weighted by Gasteiger charge is 2.14. The fourth-order valence-corrected chi connectivity index (χ4v) is 3.85. The Morgan fingerprint density at radius 1 is 1.12 bits per heavy atom. The summed E-state index contributed by atoms with van der Waals surface area (Å²) in [6.45, 7) is 2.05. The lowest BCUT2D eigenvalue weighted by atomic mass is 10.1. The first-order valence-electron chi connectivity index (χ1n) is 7.93. The number of aromatic nitrogens is 3. The number of fused-ring (bicyclic) bond motifs is 3. The monoisotopic (exact) mass is 353 g/mol. The molecule has 126 valence electrons. The maximum Gasteiger partial charge on any atom is 0.196 e. The maximum atomic E-state index is 13.3. The van der Waals surface area contributed by atoms with Crippen molar-refractivity contribution >= 4 is 28.3 Å². The van der Waals surface area contributed by atoms with E-state index in [-0.39, 0.29) is 5.82 Å². The Morgan fingerprint density at radius 2 is 1.96 bits per heavy atom. The molecule has 0 amide bonds. The van der Waals surface area contributed by atoms with Gasteiger partial charge in [-0.05, 0) is 42.3 Å². The second kappa shape index (κ2) is 6.46. The summed E-state index contributed by atoms with van der Waals surface area (Å²) >= 11 is 1.40. The van der Waals surface area contributed by atoms with Crippen molar-refractivity contribution in [1.82, 2.24) is 14.6 Å². The number of halogens is 1. The number of para-hydroxylation sites is 1. The van der Waals surface area contributed by atoms with Gasteiger partial charge in [0.1, 0.15) is 5.82 Å². The number of benzene rings is 2. The number of rotatable bonds is 4. The predicted octanol–water partition coefficient (Wildman–Crippen LogP) is 4.16. The third-order valence-electron chi connectivity index (χ3n) is 4.18. The molecule has 25 heavy (non-hydrogen) atoms. The number of aryl methyl sites for hydroxylation is 1. The summed E-state index contributed by atoms with van der Waals surface area (Å²) in [6, 6.07) is 16.1. The number of pyridine rings is 1. The van der Waals surface area contributed by atoms with E-state index in [1.807, 2.05) is 28.7 Å². The Bertz CT molecular complexity index is 1060. The van der Waals surface area contributed by atoms with Gasteiger partial charge in [0.25, 0.3) is 0 Å². The van der Waals surface area contributed by atoms with Crippen molar-refractivity contribution in [3.8, 4) is 0 Å². The van der Waals surface area contributed by atoms with Gasteiger partial charge in [-0.1, -0.05) is 42.1 Å². The SMILES string of the molecule is Cc1cc2nnc(SC[C@@H](O)c3cccc(F)c3)n2c2ccccc12. The molecule has 0 aliphatic rings. The minimum atomic E-state index is -0.773. The second-order valence-electron chi connectivity index (χ2n) is 5.90. The lowest BCUT2D eigenvalue weighted by molar-refractivity contribution is 0.203. The van der Waals surface area contributed by atoms with Crippen LogP contribution in [0.25, 0.3) is 16.6 Å². The molecular weight excluding hydrogens is 337 g/mol. The van der Waals surface area contributed by atoms with Crippen LogP contribution in [0.15, 0.2) is 59.8 Å². The van der Waals surface area contributed by atoms with Crippen molar-refractivity contribution in [2.45, 2.75) is 18.2 Å². The van der Waals surface area contributed by atoms with Crippen LogP contribution in [0.3, 0.4) is 0 Å². The van der Waals surface area contributed by atoms with Gasteiger partial charge in [0.15, 0.2) is 10.8 Å². The van der Waals surface area contributed by atoms with Crippen LogP contribution in [0.4, 0.5) is 4.39 Å². The number of nitrogens with zero attached hydrogens (tertiary/aromatic N) is 3. The van der Waals surface area contributed by atoms with Crippen LogP contribution in [0.2, 0.25) is 0 Å². The third kappa shape index (κ3) is 2.99. The normalized spacial score (nSPS) is 12.8. The van der Waals surface area contributed by atoms with Crippen LogP contribution in [0.1, 0.15) is 17.2 Å². The number of hydrogen-bond acceptors (Lipinski definition) is 4. The molecule has 1 N–H and O–H groups in total. The topological polar surface area (TPSA) is 50.4 Å². The van der Waals surface area contributed by atoms with E-state index in [0.717, 1.165) is 22.1 Å². The molecule has 0 bridgehead atoms. The minimum Gasteiger partial charge on any atom is -0.388 e. The van der Waals surface area contributed by atoms with Crippen LogP contribution in [0.5, 0.6) is 0 Å². The molecular formula is C19H16FN3OS. The highest BCUT2D eigenvalue weighted by Crippen LogP contribution is 2.28. The van der Waals surface area contributed by atoms with E-state index in [1.165, 1.54) is 23.9 Å². The van der Waals surface area contributed by atoms with E-state index in [9.17, 15) is 9.50 Å². The standard InChI is InChI=1S/C19H16FN3OS/c1-12-9-18-21-22-19(23(18)16-8-3-2-7-15(12)16)25-11-17(24)13-5-4-6-14(20)10-13/h2-10,17,24H,11H2,1H3/t17-/m1/s1. The Balaban J connectivity index is 1.67. The maximum absolute atomic E-state index is 13.3. The molecule has 0 fully saturated rings. The fourth-order valence-electron chi connectivity index (χ4n) is 2.93. The van der Waals surface area contributed by atoms with Gasteiger partial charge < -0.3 is 5.11 Å². The summed E-state index contributed by atoms with van der Waals surface area (Å²) in [5.41, 5.74) is 3.51.